The van der Waals surface area contributed by atoms with Gasteiger partial charge in [-0.1, -0.05) is 30.3 Å². The molecular formula is C14H18N4. The van der Waals surface area contributed by atoms with E-state index in [2.05, 4.69) is 35.4 Å². The molecule has 1 heterocycles. The molecule has 1 aliphatic rings. The number of hydrogen-bond donors (Lipinski definition) is 1. The zero-order chi connectivity index (χ0) is 12.5. The minimum absolute atomic E-state index is 0.190. The highest BCUT2D eigenvalue weighted by molar-refractivity contribution is 5.66. The largest absolute Gasteiger partial charge is 0.324 e. The summed E-state index contributed by atoms with van der Waals surface area (Å²) in [5.41, 5.74) is 11.2. The molecule has 0 saturated heterocycles. The summed E-state index contributed by atoms with van der Waals surface area (Å²) in [6, 6.07) is 6.57. The highest BCUT2D eigenvalue weighted by Crippen LogP contribution is 2.36. The van der Waals surface area contributed by atoms with Crippen LogP contribution in [0.15, 0.2) is 24.4 Å². The van der Waals surface area contributed by atoms with Crippen LogP contribution in [-0.2, 0) is 13.0 Å². The van der Waals surface area contributed by atoms with Crippen molar-refractivity contribution in [3.05, 3.63) is 35.5 Å². The Bertz CT molecular complexity index is 559. The maximum absolute atomic E-state index is 6.13. The first-order valence-electron chi connectivity index (χ1n) is 6.57. The normalized spacial score (nSPS) is 18.0. The van der Waals surface area contributed by atoms with Crippen molar-refractivity contribution in [2.75, 3.05) is 0 Å². The lowest BCUT2D eigenvalue weighted by Gasteiger charge is -2.10. The van der Waals surface area contributed by atoms with Gasteiger partial charge in [-0.15, -0.1) is 5.10 Å². The Morgan fingerprint density at radius 3 is 3.17 bits per heavy atom. The monoisotopic (exact) mass is 242 g/mol. The van der Waals surface area contributed by atoms with E-state index in [0.717, 1.165) is 31.5 Å². The van der Waals surface area contributed by atoms with Crippen LogP contribution in [0.3, 0.4) is 0 Å². The predicted molar refractivity (Wildman–Crippen MR) is 71.0 cm³/mol. The van der Waals surface area contributed by atoms with E-state index in [0.29, 0.717) is 0 Å². The number of benzene rings is 1. The Hall–Kier alpha value is -1.68. The lowest BCUT2D eigenvalue weighted by Crippen LogP contribution is -2.06. The molecule has 1 aliphatic carbocycles. The van der Waals surface area contributed by atoms with Crippen molar-refractivity contribution in [2.45, 2.75) is 38.8 Å². The topological polar surface area (TPSA) is 56.7 Å². The maximum Gasteiger partial charge on any atom is 0.0888 e. The van der Waals surface area contributed by atoms with E-state index in [9.17, 15) is 0 Å². The average Bonchev–Trinajstić information content (AvgIpc) is 2.98. The first kappa shape index (κ1) is 11.4. The van der Waals surface area contributed by atoms with E-state index in [4.69, 9.17) is 5.73 Å². The second-order valence-corrected chi connectivity index (χ2v) is 4.86. The molecule has 0 aliphatic heterocycles. The van der Waals surface area contributed by atoms with Gasteiger partial charge in [-0.2, -0.15) is 0 Å². The van der Waals surface area contributed by atoms with Crippen molar-refractivity contribution in [3.63, 3.8) is 0 Å². The predicted octanol–water partition coefficient (Wildman–Crippen LogP) is 2.30. The summed E-state index contributed by atoms with van der Waals surface area (Å²) in [4.78, 5) is 0. The Kier molecular flexibility index (Phi) is 2.88. The molecule has 2 aromatic rings. The first-order valence-corrected chi connectivity index (χ1v) is 6.57. The van der Waals surface area contributed by atoms with Gasteiger partial charge < -0.3 is 5.73 Å². The van der Waals surface area contributed by atoms with Crippen LogP contribution in [0.1, 0.15) is 36.9 Å². The standard InChI is InChI=1S/C14H18N4/c1-2-8-18-14(9-16-17-18)12-5-3-4-11-10(12)6-7-13(11)15/h3-5,9,13H,2,6-8,15H2,1H3. The molecule has 94 valence electrons. The van der Waals surface area contributed by atoms with Crippen molar-refractivity contribution in [1.82, 2.24) is 15.0 Å². The molecule has 4 nitrogen and oxygen atoms in total. The van der Waals surface area contributed by atoms with Crippen molar-refractivity contribution in [3.8, 4) is 11.3 Å². The van der Waals surface area contributed by atoms with Gasteiger partial charge in [-0.3, -0.25) is 0 Å². The van der Waals surface area contributed by atoms with Gasteiger partial charge in [0.2, 0.25) is 0 Å². The van der Waals surface area contributed by atoms with Crippen LogP contribution in [-0.4, -0.2) is 15.0 Å². The lowest BCUT2D eigenvalue weighted by atomic mass is 10.0. The number of fused-ring (bicyclic) bond motifs is 1. The maximum atomic E-state index is 6.13. The smallest absolute Gasteiger partial charge is 0.0888 e. The van der Waals surface area contributed by atoms with E-state index in [-0.39, 0.29) is 6.04 Å². The van der Waals surface area contributed by atoms with Crippen LogP contribution in [0.5, 0.6) is 0 Å². The fraction of sp³-hybridized carbons (Fsp3) is 0.429. The summed E-state index contributed by atoms with van der Waals surface area (Å²) in [5.74, 6) is 0. The quantitative estimate of drug-likeness (QED) is 0.898. The summed E-state index contributed by atoms with van der Waals surface area (Å²) in [7, 11) is 0. The zero-order valence-corrected chi connectivity index (χ0v) is 10.6. The number of nitrogens with two attached hydrogens (primary N) is 1. The molecule has 0 spiro atoms. The van der Waals surface area contributed by atoms with E-state index in [1.165, 1.54) is 16.7 Å². The zero-order valence-electron chi connectivity index (χ0n) is 10.6. The number of aryl methyl sites for hydroxylation is 1. The van der Waals surface area contributed by atoms with Crippen LogP contribution in [0.25, 0.3) is 11.3 Å². The number of nitrogens with zero attached hydrogens (tertiary/aromatic N) is 3. The first-order chi connectivity index (χ1) is 8.81. The average molecular weight is 242 g/mol. The van der Waals surface area contributed by atoms with Gasteiger partial charge in [0.15, 0.2) is 0 Å². The highest BCUT2D eigenvalue weighted by Gasteiger charge is 2.23. The second-order valence-electron chi connectivity index (χ2n) is 4.86. The van der Waals surface area contributed by atoms with Gasteiger partial charge in [0, 0.05) is 18.2 Å². The molecule has 0 saturated carbocycles. The van der Waals surface area contributed by atoms with Gasteiger partial charge in [-0.05, 0) is 30.4 Å². The summed E-state index contributed by atoms with van der Waals surface area (Å²) in [6.45, 7) is 3.06. The van der Waals surface area contributed by atoms with Crippen LogP contribution < -0.4 is 5.73 Å². The van der Waals surface area contributed by atoms with Crippen molar-refractivity contribution in [2.24, 2.45) is 5.73 Å². The van der Waals surface area contributed by atoms with E-state index in [1.807, 2.05) is 10.9 Å². The third-order valence-corrected chi connectivity index (χ3v) is 3.65. The SMILES string of the molecule is CCCn1nncc1-c1cccc2c1CCC2N. The number of hydrogen-bond acceptors (Lipinski definition) is 3. The van der Waals surface area contributed by atoms with Gasteiger partial charge in [-0.25, -0.2) is 4.68 Å². The molecule has 0 bridgehead atoms. The van der Waals surface area contributed by atoms with Crippen molar-refractivity contribution in [1.29, 1.82) is 0 Å². The number of rotatable bonds is 3. The van der Waals surface area contributed by atoms with E-state index in [1.54, 1.807) is 0 Å². The molecule has 0 radical (unpaired) electrons. The van der Waals surface area contributed by atoms with Gasteiger partial charge >= 0.3 is 0 Å². The molecule has 3 rings (SSSR count). The molecule has 18 heavy (non-hydrogen) atoms. The Balaban J connectivity index is 2.10. The fourth-order valence-corrected chi connectivity index (χ4v) is 2.77. The van der Waals surface area contributed by atoms with Crippen LogP contribution in [0, 0.1) is 0 Å². The summed E-state index contributed by atoms with van der Waals surface area (Å²) < 4.78 is 1.99. The minimum Gasteiger partial charge on any atom is -0.324 e. The van der Waals surface area contributed by atoms with Crippen LogP contribution in [0.4, 0.5) is 0 Å². The second kappa shape index (κ2) is 4.53. The summed E-state index contributed by atoms with van der Waals surface area (Å²) >= 11 is 0. The minimum atomic E-state index is 0.190. The Morgan fingerprint density at radius 2 is 2.33 bits per heavy atom. The molecule has 1 unspecified atom stereocenters. The van der Waals surface area contributed by atoms with Crippen LogP contribution in [0.2, 0.25) is 0 Å². The third kappa shape index (κ3) is 1.73. The molecule has 1 aromatic carbocycles. The molecule has 1 aromatic heterocycles. The lowest BCUT2D eigenvalue weighted by molar-refractivity contribution is 0.584. The molecular weight excluding hydrogens is 224 g/mol. The van der Waals surface area contributed by atoms with Gasteiger partial charge in [0.25, 0.3) is 0 Å². The highest BCUT2D eigenvalue weighted by atomic mass is 15.4. The Labute approximate surface area is 107 Å². The molecule has 2 N–H and O–H groups in total. The molecule has 4 heteroatoms. The van der Waals surface area contributed by atoms with Crippen LogP contribution >= 0.6 is 0 Å². The van der Waals surface area contributed by atoms with Gasteiger partial charge in [0.1, 0.15) is 0 Å². The summed E-state index contributed by atoms with van der Waals surface area (Å²) in [5, 5.41) is 8.21. The fourth-order valence-electron chi connectivity index (χ4n) is 2.77. The summed E-state index contributed by atoms with van der Waals surface area (Å²) in [6.07, 6.45) is 5.02. The van der Waals surface area contributed by atoms with Crippen molar-refractivity contribution < 1.29 is 0 Å². The number of aromatic nitrogens is 3. The Morgan fingerprint density at radius 1 is 1.44 bits per heavy atom. The molecule has 0 amide bonds. The van der Waals surface area contributed by atoms with E-state index >= 15 is 0 Å². The van der Waals surface area contributed by atoms with Gasteiger partial charge in [0.05, 0.1) is 11.9 Å². The molecule has 1 atom stereocenters. The van der Waals surface area contributed by atoms with Crippen molar-refractivity contribution >= 4 is 0 Å². The molecule has 0 fully saturated rings. The van der Waals surface area contributed by atoms with E-state index < -0.39 is 0 Å². The third-order valence-electron chi connectivity index (χ3n) is 3.65.